The predicted molar refractivity (Wildman–Crippen MR) is 41.2 cm³/mol. The Morgan fingerprint density at radius 2 is 2.60 bits per heavy atom. The second-order valence-corrected chi connectivity index (χ2v) is 3.39. The molecule has 0 spiro atoms. The summed E-state index contributed by atoms with van der Waals surface area (Å²) < 4.78 is 0.703. The van der Waals surface area contributed by atoms with Crippen molar-refractivity contribution in [2.24, 2.45) is 0 Å². The zero-order chi connectivity index (χ0) is 7.56. The first-order chi connectivity index (χ1) is 4.68. The van der Waals surface area contributed by atoms with Gasteiger partial charge in [0.05, 0.1) is 6.42 Å². The number of carboxylic acid groups (broad SMARTS) is 1. The molecule has 0 aromatic carbocycles. The molecule has 0 bridgehead atoms. The highest BCUT2D eigenvalue weighted by Crippen LogP contribution is 2.14. The Morgan fingerprint density at radius 3 is 3.00 bits per heavy atom. The van der Waals surface area contributed by atoms with E-state index in [4.69, 9.17) is 5.11 Å². The van der Waals surface area contributed by atoms with Crippen LogP contribution in [0.15, 0.2) is 9.98 Å². The summed E-state index contributed by atoms with van der Waals surface area (Å²) in [6, 6.07) is 0. The maximum atomic E-state index is 10.1. The van der Waals surface area contributed by atoms with Crippen molar-refractivity contribution < 1.29 is 9.90 Å². The zero-order valence-corrected chi connectivity index (χ0v) is 7.28. The van der Waals surface area contributed by atoms with Gasteiger partial charge in [0.25, 0.3) is 0 Å². The summed E-state index contributed by atoms with van der Waals surface area (Å²) in [5, 5.41) is 10.7. The van der Waals surface area contributed by atoms with Crippen molar-refractivity contribution in [3.63, 3.8) is 0 Å². The lowest BCUT2D eigenvalue weighted by atomic mass is 10.5. The number of carboxylic acids is 1. The van der Waals surface area contributed by atoms with E-state index >= 15 is 0 Å². The van der Waals surface area contributed by atoms with Crippen LogP contribution in [0.1, 0.15) is 5.01 Å². The van der Waals surface area contributed by atoms with Crippen molar-refractivity contribution in [2.75, 3.05) is 0 Å². The standard InChI is InChI=1S/C5H4BrNO2S/c6-3-2-10-4(7-3)1-5(8)9/h2H,1H2,(H,8,9). The Labute approximate surface area is 69.8 Å². The van der Waals surface area contributed by atoms with Gasteiger partial charge in [0.2, 0.25) is 0 Å². The number of thiazole rings is 1. The third-order valence-corrected chi connectivity index (χ3v) is 2.38. The second kappa shape index (κ2) is 3.12. The summed E-state index contributed by atoms with van der Waals surface area (Å²) in [6.45, 7) is 0. The van der Waals surface area contributed by atoms with Gasteiger partial charge in [-0.2, -0.15) is 0 Å². The number of hydrogen-bond acceptors (Lipinski definition) is 3. The molecule has 5 heteroatoms. The highest BCUT2D eigenvalue weighted by Gasteiger charge is 2.03. The van der Waals surface area contributed by atoms with Crippen LogP contribution in [0.2, 0.25) is 0 Å². The third kappa shape index (κ3) is 2.07. The maximum absolute atomic E-state index is 10.1. The fourth-order valence-electron chi connectivity index (χ4n) is 0.499. The largest absolute Gasteiger partial charge is 0.481 e. The molecule has 0 aliphatic heterocycles. The summed E-state index contributed by atoms with van der Waals surface area (Å²) in [5.74, 6) is -0.846. The molecule has 1 aromatic heterocycles. The van der Waals surface area contributed by atoms with E-state index in [-0.39, 0.29) is 6.42 Å². The van der Waals surface area contributed by atoms with Gasteiger partial charge < -0.3 is 5.11 Å². The average Bonchev–Trinajstić information content (AvgIpc) is 2.13. The number of halogens is 1. The number of rotatable bonds is 2. The maximum Gasteiger partial charge on any atom is 0.310 e. The molecule has 0 unspecified atom stereocenters. The van der Waals surface area contributed by atoms with Crippen molar-refractivity contribution in [3.05, 3.63) is 15.0 Å². The minimum atomic E-state index is -0.846. The zero-order valence-electron chi connectivity index (χ0n) is 4.87. The van der Waals surface area contributed by atoms with E-state index in [0.717, 1.165) is 0 Å². The van der Waals surface area contributed by atoms with E-state index in [0.29, 0.717) is 9.61 Å². The molecule has 0 saturated carbocycles. The molecule has 0 aliphatic carbocycles. The van der Waals surface area contributed by atoms with Crippen LogP contribution in [0.4, 0.5) is 0 Å². The van der Waals surface area contributed by atoms with Crippen molar-refractivity contribution in [2.45, 2.75) is 6.42 Å². The normalized spacial score (nSPS) is 9.70. The van der Waals surface area contributed by atoms with E-state index in [1.54, 1.807) is 5.38 Å². The summed E-state index contributed by atoms with van der Waals surface area (Å²) in [4.78, 5) is 14.0. The van der Waals surface area contributed by atoms with Crippen LogP contribution in [0.3, 0.4) is 0 Å². The quantitative estimate of drug-likeness (QED) is 0.825. The highest BCUT2D eigenvalue weighted by molar-refractivity contribution is 9.10. The molecule has 0 fully saturated rings. The molecule has 3 nitrogen and oxygen atoms in total. The molecule has 1 N–H and O–H groups in total. The van der Waals surface area contributed by atoms with E-state index < -0.39 is 5.97 Å². The molecule has 0 radical (unpaired) electrons. The van der Waals surface area contributed by atoms with Crippen LogP contribution in [-0.4, -0.2) is 16.1 Å². The minimum absolute atomic E-state index is 0.0102. The summed E-state index contributed by atoms with van der Waals surface area (Å²) >= 11 is 4.47. The number of aromatic nitrogens is 1. The van der Waals surface area contributed by atoms with Crippen molar-refractivity contribution in [1.29, 1.82) is 0 Å². The van der Waals surface area contributed by atoms with Crippen LogP contribution >= 0.6 is 27.3 Å². The molecule has 1 heterocycles. The number of carbonyl (C=O) groups is 1. The van der Waals surface area contributed by atoms with Gasteiger partial charge in [-0.05, 0) is 15.9 Å². The van der Waals surface area contributed by atoms with Crippen LogP contribution in [0.5, 0.6) is 0 Å². The fourth-order valence-corrected chi connectivity index (χ4v) is 1.75. The van der Waals surface area contributed by atoms with E-state index in [1.165, 1.54) is 11.3 Å². The summed E-state index contributed by atoms with van der Waals surface area (Å²) in [5.41, 5.74) is 0. The lowest BCUT2D eigenvalue weighted by Crippen LogP contribution is -1.98. The Hall–Kier alpha value is -0.420. The van der Waals surface area contributed by atoms with E-state index in [1.807, 2.05) is 0 Å². The van der Waals surface area contributed by atoms with Crippen molar-refractivity contribution in [1.82, 2.24) is 4.98 Å². The molecule has 0 atom stereocenters. The first kappa shape index (κ1) is 7.68. The molecule has 0 saturated heterocycles. The highest BCUT2D eigenvalue weighted by atomic mass is 79.9. The Balaban J connectivity index is 2.67. The van der Waals surface area contributed by atoms with Gasteiger partial charge in [0, 0.05) is 5.38 Å². The second-order valence-electron chi connectivity index (χ2n) is 1.63. The molecule has 54 valence electrons. The van der Waals surface area contributed by atoms with E-state index in [9.17, 15) is 4.79 Å². The Bertz CT molecular complexity index is 248. The minimum Gasteiger partial charge on any atom is -0.481 e. The van der Waals surface area contributed by atoms with E-state index in [2.05, 4.69) is 20.9 Å². The molecule has 10 heavy (non-hydrogen) atoms. The van der Waals surface area contributed by atoms with Gasteiger partial charge in [-0.1, -0.05) is 0 Å². The third-order valence-electron chi connectivity index (χ3n) is 0.826. The first-order valence-electron chi connectivity index (χ1n) is 2.50. The van der Waals surface area contributed by atoms with Crippen LogP contribution < -0.4 is 0 Å². The molecular formula is C5H4BrNO2S. The molecule has 0 aliphatic rings. The van der Waals surface area contributed by atoms with Crippen LogP contribution in [-0.2, 0) is 11.2 Å². The average molecular weight is 222 g/mol. The lowest BCUT2D eigenvalue weighted by molar-refractivity contribution is -0.136. The SMILES string of the molecule is O=C(O)Cc1nc(Br)cs1. The Morgan fingerprint density at radius 1 is 1.90 bits per heavy atom. The molecule has 1 aromatic rings. The van der Waals surface area contributed by atoms with Crippen molar-refractivity contribution >= 4 is 33.2 Å². The Kier molecular flexibility index (Phi) is 2.39. The topological polar surface area (TPSA) is 50.2 Å². The summed E-state index contributed by atoms with van der Waals surface area (Å²) in [7, 11) is 0. The molecular weight excluding hydrogens is 218 g/mol. The van der Waals surface area contributed by atoms with Crippen LogP contribution in [0, 0.1) is 0 Å². The number of aliphatic carboxylic acids is 1. The molecule has 0 amide bonds. The summed E-state index contributed by atoms with van der Waals surface area (Å²) in [6.07, 6.45) is 0.0102. The molecule has 1 rings (SSSR count). The van der Waals surface area contributed by atoms with Gasteiger partial charge in [-0.15, -0.1) is 11.3 Å². The lowest BCUT2D eigenvalue weighted by Gasteiger charge is -1.84. The monoisotopic (exact) mass is 221 g/mol. The predicted octanol–water partition coefficient (Wildman–Crippen LogP) is 1.53. The smallest absolute Gasteiger partial charge is 0.310 e. The number of nitrogens with zero attached hydrogens (tertiary/aromatic N) is 1. The van der Waals surface area contributed by atoms with Gasteiger partial charge in [-0.3, -0.25) is 4.79 Å². The first-order valence-corrected chi connectivity index (χ1v) is 4.17. The van der Waals surface area contributed by atoms with Gasteiger partial charge >= 0.3 is 5.97 Å². The fraction of sp³-hybridized carbons (Fsp3) is 0.200. The number of hydrogen-bond donors (Lipinski definition) is 1. The van der Waals surface area contributed by atoms with Gasteiger partial charge in [0.15, 0.2) is 0 Å². The van der Waals surface area contributed by atoms with Gasteiger partial charge in [-0.25, -0.2) is 4.98 Å². The van der Waals surface area contributed by atoms with Crippen LogP contribution in [0.25, 0.3) is 0 Å². The van der Waals surface area contributed by atoms with Crippen molar-refractivity contribution in [3.8, 4) is 0 Å². The van der Waals surface area contributed by atoms with Gasteiger partial charge in [0.1, 0.15) is 9.61 Å².